The Balaban J connectivity index is 1.95. The Bertz CT molecular complexity index is 524. The number of hydrogen-bond donors (Lipinski definition) is 1. The molecule has 0 bridgehead atoms. The van der Waals surface area contributed by atoms with Crippen molar-refractivity contribution in [3.8, 4) is 0 Å². The third-order valence-corrected chi connectivity index (χ3v) is 4.44. The van der Waals surface area contributed by atoms with Crippen molar-refractivity contribution in [3.05, 3.63) is 28.2 Å². The van der Waals surface area contributed by atoms with Crippen LogP contribution < -0.4 is 5.32 Å². The minimum atomic E-state index is -0.398. The van der Waals surface area contributed by atoms with E-state index in [4.69, 9.17) is 0 Å². The van der Waals surface area contributed by atoms with Crippen molar-refractivity contribution >= 4 is 23.2 Å². The molecule has 2 rings (SSSR count). The molecule has 2 atom stereocenters. The van der Waals surface area contributed by atoms with Gasteiger partial charge in [0.1, 0.15) is 9.88 Å². The molecule has 6 heteroatoms. The molecular weight excluding hydrogens is 276 g/mol. The summed E-state index contributed by atoms with van der Waals surface area (Å²) in [7, 11) is 1.34. The second kappa shape index (κ2) is 6.65. The lowest BCUT2D eigenvalue weighted by molar-refractivity contribution is -0.125. The van der Waals surface area contributed by atoms with Crippen molar-refractivity contribution in [2.24, 2.45) is 5.92 Å². The maximum Gasteiger partial charge on any atom is 0.349 e. The van der Waals surface area contributed by atoms with Crippen LogP contribution in [-0.2, 0) is 9.53 Å². The Hall–Kier alpha value is -1.69. The molecule has 1 aromatic rings. The fourth-order valence-electron chi connectivity index (χ4n) is 2.11. The number of nitrogens with one attached hydrogen (secondary N) is 1. The fraction of sp³-hybridized carbons (Fsp3) is 0.500. The van der Waals surface area contributed by atoms with Gasteiger partial charge in [-0.2, -0.15) is 0 Å². The van der Waals surface area contributed by atoms with Gasteiger partial charge < -0.3 is 10.1 Å². The number of ether oxygens (including phenoxy) is 1. The van der Waals surface area contributed by atoms with Crippen LogP contribution in [0.1, 0.15) is 46.9 Å². The lowest BCUT2D eigenvalue weighted by atomic mass is 9.93. The number of methoxy groups -OCH3 is 1. The van der Waals surface area contributed by atoms with Gasteiger partial charge >= 0.3 is 5.97 Å². The number of esters is 1. The summed E-state index contributed by atoms with van der Waals surface area (Å²) in [5.74, 6) is -0.302. The summed E-state index contributed by atoms with van der Waals surface area (Å²) in [6.07, 6.45) is 8.28. The van der Waals surface area contributed by atoms with E-state index in [1.54, 1.807) is 0 Å². The van der Waals surface area contributed by atoms with E-state index in [1.165, 1.54) is 24.6 Å². The van der Waals surface area contributed by atoms with E-state index in [0.29, 0.717) is 9.88 Å². The van der Waals surface area contributed by atoms with Gasteiger partial charge in [-0.3, -0.25) is 4.79 Å². The van der Waals surface area contributed by atoms with Gasteiger partial charge in [0.15, 0.2) is 0 Å². The first kappa shape index (κ1) is 14.7. The number of carbonyl (C=O) groups is 2. The number of amides is 1. The van der Waals surface area contributed by atoms with E-state index < -0.39 is 5.97 Å². The third kappa shape index (κ3) is 3.45. The molecule has 1 aliphatic carbocycles. The predicted molar refractivity (Wildman–Crippen MR) is 76.5 cm³/mol. The number of thiazole rings is 1. The SMILES string of the molecule is COC(=O)c1cnc(C(C)NC(=O)C2CC=CCC2)s1. The van der Waals surface area contributed by atoms with Gasteiger partial charge in [0.25, 0.3) is 0 Å². The lowest BCUT2D eigenvalue weighted by Gasteiger charge is -2.19. The van der Waals surface area contributed by atoms with E-state index in [1.807, 2.05) is 6.92 Å². The zero-order valence-corrected chi connectivity index (χ0v) is 12.4. The quantitative estimate of drug-likeness (QED) is 0.684. The number of carbonyl (C=O) groups excluding carboxylic acids is 2. The Morgan fingerprint density at radius 1 is 1.50 bits per heavy atom. The fourth-order valence-corrected chi connectivity index (χ4v) is 2.95. The number of nitrogens with zero attached hydrogens (tertiary/aromatic N) is 1. The minimum Gasteiger partial charge on any atom is -0.465 e. The molecule has 0 aromatic carbocycles. The van der Waals surface area contributed by atoms with Crippen LogP contribution in [0.15, 0.2) is 18.3 Å². The number of aromatic nitrogens is 1. The first-order valence-electron chi connectivity index (χ1n) is 6.61. The van der Waals surface area contributed by atoms with E-state index >= 15 is 0 Å². The van der Waals surface area contributed by atoms with Gasteiger partial charge in [-0.05, 0) is 26.2 Å². The van der Waals surface area contributed by atoms with Crippen LogP contribution in [0.5, 0.6) is 0 Å². The number of hydrogen-bond acceptors (Lipinski definition) is 5. The third-order valence-electron chi connectivity index (χ3n) is 3.28. The van der Waals surface area contributed by atoms with Crippen LogP contribution in [0.25, 0.3) is 0 Å². The summed E-state index contributed by atoms with van der Waals surface area (Å²) in [6.45, 7) is 1.87. The first-order chi connectivity index (χ1) is 9.61. The Kier molecular flexibility index (Phi) is 4.89. The van der Waals surface area contributed by atoms with Crippen LogP contribution in [-0.4, -0.2) is 24.0 Å². The summed E-state index contributed by atoms with van der Waals surface area (Å²) in [5.41, 5.74) is 0. The summed E-state index contributed by atoms with van der Waals surface area (Å²) < 4.78 is 4.64. The van der Waals surface area contributed by atoms with Gasteiger partial charge in [-0.15, -0.1) is 11.3 Å². The summed E-state index contributed by atoms with van der Waals surface area (Å²) >= 11 is 1.25. The average Bonchev–Trinajstić information content (AvgIpc) is 2.97. The molecule has 108 valence electrons. The average molecular weight is 294 g/mol. The highest BCUT2D eigenvalue weighted by molar-refractivity contribution is 7.13. The second-order valence-electron chi connectivity index (χ2n) is 4.77. The molecule has 0 saturated heterocycles. The molecule has 0 radical (unpaired) electrons. The van der Waals surface area contributed by atoms with Gasteiger partial charge in [-0.25, -0.2) is 9.78 Å². The number of rotatable bonds is 4. The minimum absolute atomic E-state index is 0.0440. The van der Waals surface area contributed by atoms with Crippen molar-refractivity contribution in [3.63, 3.8) is 0 Å². The Morgan fingerprint density at radius 2 is 2.30 bits per heavy atom. The molecule has 1 amide bonds. The van der Waals surface area contributed by atoms with Gasteiger partial charge in [0, 0.05) is 5.92 Å². The standard InChI is InChI=1S/C14H18N2O3S/c1-9(13-15-8-11(20-13)14(18)19-2)16-12(17)10-6-4-3-5-7-10/h3-4,8-10H,5-7H2,1-2H3,(H,16,17). The van der Waals surface area contributed by atoms with Crippen molar-refractivity contribution in [2.45, 2.75) is 32.2 Å². The zero-order chi connectivity index (χ0) is 14.5. The first-order valence-corrected chi connectivity index (χ1v) is 7.43. The van der Waals surface area contributed by atoms with Crippen molar-refractivity contribution in [1.29, 1.82) is 0 Å². The molecule has 1 aliphatic rings. The smallest absolute Gasteiger partial charge is 0.349 e. The molecule has 0 spiro atoms. The summed E-state index contributed by atoms with van der Waals surface area (Å²) in [4.78, 5) is 28.1. The van der Waals surface area contributed by atoms with Crippen LogP contribution in [0, 0.1) is 5.92 Å². The second-order valence-corrected chi connectivity index (χ2v) is 5.83. The maximum absolute atomic E-state index is 12.1. The largest absolute Gasteiger partial charge is 0.465 e. The van der Waals surface area contributed by atoms with Gasteiger partial charge in [0.2, 0.25) is 5.91 Å². The van der Waals surface area contributed by atoms with E-state index in [9.17, 15) is 9.59 Å². The van der Waals surface area contributed by atoms with Gasteiger partial charge in [0.05, 0.1) is 19.3 Å². The molecule has 0 fully saturated rings. The van der Waals surface area contributed by atoms with Crippen LogP contribution in [0.3, 0.4) is 0 Å². The van der Waals surface area contributed by atoms with E-state index in [2.05, 4.69) is 27.2 Å². The van der Waals surface area contributed by atoms with Crippen LogP contribution in [0.4, 0.5) is 0 Å². The monoisotopic (exact) mass is 294 g/mol. The Labute approximate surface area is 122 Å². The molecule has 1 heterocycles. The highest BCUT2D eigenvalue weighted by atomic mass is 32.1. The Morgan fingerprint density at radius 3 is 2.95 bits per heavy atom. The summed E-state index contributed by atoms with van der Waals surface area (Å²) in [6, 6.07) is -0.197. The molecule has 0 aliphatic heterocycles. The van der Waals surface area contributed by atoms with E-state index in [0.717, 1.165) is 19.3 Å². The molecule has 1 N–H and O–H groups in total. The predicted octanol–water partition coefficient (Wildman–Crippen LogP) is 2.46. The number of allylic oxidation sites excluding steroid dienone is 2. The highest BCUT2D eigenvalue weighted by Crippen LogP contribution is 2.23. The zero-order valence-electron chi connectivity index (χ0n) is 11.6. The van der Waals surface area contributed by atoms with Crippen LogP contribution >= 0.6 is 11.3 Å². The van der Waals surface area contributed by atoms with Gasteiger partial charge in [-0.1, -0.05) is 12.2 Å². The molecule has 0 saturated carbocycles. The molecule has 5 nitrogen and oxygen atoms in total. The highest BCUT2D eigenvalue weighted by Gasteiger charge is 2.22. The van der Waals surface area contributed by atoms with Crippen molar-refractivity contribution in [2.75, 3.05) is 7.11 Å². The van der Waals surface area contributed by atoms with Crippen molar-refractivity contribution < 1.29 is 14.3 Å². The van der Waals surface area contributed by atoms with E-state index in [-0.39, 0.29) is 17.9 Å². The lowest BCUT2D eigenvalue weighted by Crippen LogP contribution is -2.33. The van der Waals surface area contributed by atoms with Crippen molar-refractivity contribution in [1.82, 2.24) is 10.3 Å². The molecule has 20 heavy (non-hydrogen) atoms. The van der Waals surface area contributed by atoms with Crippen LogP contribution in [0.2, 0.25) is 0 Å². The molecule has 2 unspecified atom stereocenters. The topological polar surface area (TPSA) is 68.3 Å². The normalized spacial score (nSPS) is 19.4. The molecular formula is C14H18N2O3S. The maximum atomic E-state index is 12.1. The summed E-state index contributed by atoms with van der Waals surface area (Å²) in [5, 5.41) is 3.67. The molecule has 1 aromatic heterocycles.